The second-order valence-corrected chi connectivity index (χ2v) is 4.89. The van der Waals surface area contributed by atoms with Crippen molar-refractivity contribution in [1.82, 2.24) is 4.31 Å². The van der Waals surface area contributed by atoms with Crippen molar-refractivity contribution in [1.29, 1.82) is 0 Å². The average molecular weight is 175 g/mol. The largest absolute Gasteiger partial charge is 0.278 e. The Hall–Kier alpha value is -0.510. The summed E-state index contributed by atoms with van der Waals surface area (Å²) in [6, 6.07) is 0. The van der Waals surface area contributed by atoms with Gasteiger partial charge in [-0.15, -0.1) is 0 Å². The van der Waals surface area contributed by atoms with Crippen LogP contribution in [0.3, 0.4) is 0 Å². The Morgan fingerprint density at radius 1 is 1.55 bits per heavy atom. The first-order chi connectivity index (χ1) is 5.00. The van der Waals surface area contributed by atoms with E-state index < -0.39 is 10.0 Å². The van der Waals surface area contributed by atoms with Crippen molar-refractivity contribution in [2.24, 2.45) is 0 Å². The number of nitrogens with zero attached hydrogens (tertiary/aromatic N) is 1. The zero-order chi connectivity index (χ0) is 8.48. The molecule has 64 valence electrons. The molecule has 0 spiro atoms. The third kappa shape index (κ3) is 2.22. The molecule has 1 heterocycles. The summed E-state index contributed by atoms with van der Waals surface area (Å²) in [6.45, 7) is 2.59. The molecule has 0 bridgehead atoms. The van der Waals surface area contributed by atoms with Crippen LogP contribution in [0.4, 0.5) is 0 Å². The van der Waals surface area contributed by atoms with Crippen LogP contribution < -0.4 is 0 Å². The molecule has 0 aromatic rings. The van der Waals surface area contributed by atoms with Crippen molar-refractivity contribution >= 4 is 10.0 Å². The minimum atomic E-state index is -3.00. The van der Waals surface area contributed by atoms with Crippen molar-refractivity contribution in [3.63, 3.8) is 0 Å². The third-order valence-corrected chi connectivity index (χ3v) is 2.88. The molecule has 11 heavy (non-hydrogen) atoms. The van der Waals surface area contributed by atoms with E-state index in [-0.39, 0.29) is 0 Å². The summed E-state index contributed by atoms with van der Waals surface area (Å²) in [5.41, 5.74) is 1.14. The minimum absolute atomic E-state index is 0.635. The van der Waals surface area contributed by atoms with Gasteiger partial charge in [-0.1, -0.05) is 5.57 Å². The van der Waals surface area contributed by atoms with E-state index in [0.29, 0.717) is 6.54 Å². The van der Waals surface area contributed by atoms with E-state index >= 15 is 0 Å². The van der Waals surface area contributed by atoms with Crippen LogP contribution in [0.15, 0.2) is 11.8 Å². The van der Waals surface area contributed by atoms with Crippen molar-refractivity contribution in [3.05, 3.63) is 11.8 Å². The van der Waals surface area contributed by atoms with E-state index in [0.717, 1.165) is 18.4 Å². The molecule has 0 atom stereocenters. The first kappa shape index (κ1) is 8.59. The first-order valence-corrected chi connectivity index (χ1v) is 5.49. The quantitative estimate of drug-likeness (QED) is 0.595. The van der Waals surface area contributed by atoms with E-state index in [1.54, 1.807) is 6.20 Å². The molecule has 0 radical (unpaired) electrons. The molecule has 0 fully saturated rings. The Kier molecular flexibility index (Phi) is 2.23. The van der Waals surface area contributed by atoms with Crippen molar-refractivity contribution in [3.8, 4) is 0 Å². The van der Waals surface area contributed by atoms with E-state index in [1.165, 1.54) is 10.6 Å². The first-order valence-electron chi connectivity index (χ1n) is 3.64. The number of rotatable bonds is 1. The lowest BCUT2D eigenvalue weighted by Crippen LogP contribution is -2.28. The minimum Gasteiger partial charge on any atom is -0.278 e. The maximum absolute atomic E-state index is 11.0. The summed E-state index contributed by atoms with van der Waals surface area (Å²) >= 11 is 0. The molecule has 0 saturated carbocycles. The summed E-state index contributed by atoms with van der Waals surface area (Å²) in [5, 5.41) is 0. The Morgan fingerprint density at radius 3 is 2.55 bits per heavy atom. The lowest BCUT2D eigenvalue weighted by Gasteiger charge is -2.23. The van der Waals surface area contributed by atoms with E-state index in [1.807, 2.05) is 6.92 Å². The fourth-order valence-electron chi connectivity index (χ4n) is 1.15. The van der Waals surface area contributed by atoms with Crippen LogP contribution in [0, 0.1) is 0 Å². The van der Waals surface area contributed by atoms with E-state index in [4.69, 9.17) is 0 Å². The van der Waals surface area contributed by atoms with Crippen LogP contribution in [0.25, 0.3) is 0 Å². The van der Waals surface area contributed by atoms with E-state index in [9.17, 15) is 8.42 Å². The molecule has 0 saturated heterocycles. The summed E-state index contributed by atoms with van der Waals surface area (Å²) in [5.74, 6) is 0. The maximum Gasteiger partial charge on any atom is 0.231 e. The fraction of sp³-hybridized carbons (Fsp3) is 0.714. The zero-order valence-corrected chi connectivity index (χ0v) is 7.69. The molecule has 0 aliphatic carbocycles. The van der Waals surface area contributed by atoms with Crippen molar-refractivity contribution in [2.45, 2.75) is 19.8 Å². The van der Waals surface area contributed by atoms with Gasteiger partial charge < -0.3 is 0 Å². The number of allylic oxidation sites excluding steroid dienone is 1. The molecule has 4 heteroatoms. The second kappa shape index (κ2) is 2.85. The van der Waals surface area contributed by atoms with Crippen LogP contribution in [-0.4, -0.2) is 25.5 Å². The molecule has 1 rings (SSSR count). The second-order valence-electron chi connectivity index (χ2n) is 2.95. The Labute approximate surface area is 67.8 Å². The predicted octanol–water partition coefficient (Wildman–Crippen LogP) is 0.946. The van der Waals surface area contributed by atoms with Gasteiger partial charge in [0, 0.05) is 12.7 Å². The molecule has 3 nitrogen and oxygen atoms in total. The summed E-state index contributed by atoms with van der Waals surface area (Å²) in [4.78, 5) is 0. The Balaban J connectivity index is 2.83. The highest BCUT2D eigenvalue weighted by molar-refractivity contribution is 7.88. The maximum atomic E-state index is 11.0. The number of hydrogen-bond acceptors (Lipinski definition) is 2. The van der Waals surface area contributed by atoms with Crippen molar-refractivity contribution < 1.29 is 8.42 Å². The average Bonchev–Trinajstić information content (AvgIpc) is 1.86. The highest BCUT2D eigenvalue weighted by Crippen LogP contribution is 2.15. The van der Waals surface area contributed by atoms with Crippen LogP contribution in [-0.2, 0) is 10.0 Å². The molecular formula is C7H13NO2S. The SMILES string of the molecule is CC1=CN(S(C)(=O)=O)CCC1. The standard InChI is InChI=1S/C7H13NO2S/c1-7-4-3-5-8(6-7)11(2,9)10/h6H,3-5H2,1-2H3. The van der Waals surface area contributed by atoms with Gasteiger partial charge in [0.15, 0.2) is 0 Å². The van der Waals surface area contributed by atoms with Gasteiger partial charge in [0.1, 0.15) is 0 Å². The molecule has 0 amide bonds. The summed E-state index contributed by atoms with van der Waals surface area (Å²) < 4.78 is 23.4. The lowest BCUT2D eigenvalue weighted by atomic mass is 10.1. The molecule has 1 aliphatic rings. The molecular weight excluding hydrogens is 162 g/mol. The highest BCUT2D eigenvalue weighted by atomic mass is 32.2. The van der Waals surface area contributed by atoms with Crippen molar-refractivity contribution in [2.75, 3.05) is 12.8 Å². The van der Waals surface area contributed by atoms with Crippen LogP contribution in [0.5, 0.6) is 0 Å². The van der Waals surface area contributed by atoms with Gasteiger partial charge in [0.2, 0.25) is 10.0 Å². The van der Waals surface area contributed by atoms with Crippen LogP contribution in [0.2, 0.25) is 0 Å². The Morgan fingerprint density at radius 2 is 2.18 bits per heavy atom. The molecule has 0 aromatic heterocycles. The zero-order valence-electron chi connectivity index (χ0n) is 6.87. The monoisotopic (exact) mass is 175 g/mol. The molecule has 1 aliphatic heterocycles. The predicted molar refractivity (Wildman–Crippen MR) is 44.5 cm³/mol. The topological polar surface area (TPSA) is 37.4 Å². The number of hydrogen-bond donors (Lipinski definition) is 0. The van der Waals surface area contributed by atoms with Gasteiger partial charge in [-0.25, -0.2) is 8.42 Å². The fourth-order valence-corrected chi connectivity index (χ4v) is 1.98. The van der Waals surface area contributed by atoms with Crippen LogP contribution in [0.1, 0.15) is 19.8 Å². The molecule has 0 unspecified atom stereocenters. The molecule has 0 N–H and O–H groups in total. The van der Waals surface area contributed by atoms with Gasteiger partial charge >= 0.3 is 0 Å². The van der Waals surface area contributed by atoms with Gasteiger partial charge in [0.25, 0.3) is 0 Å². The van der Waals surface area contributed by atoms with Gasteiger partial charge in [-0.05, 0) is 19.8 Å². The van der Waals surface area contributed by atoms with Gasteiger partial charge in [-0.2, -0.15) is 0 Å². The normalized spacial score (nSPS) is 19.8. The highest BCUT2D eigenvalue weighted by Gasteiger charge is 2.15. The number of sulfonamides is 1. The van der Waals surface area contributed by atoms with Gasteiger partial charge in [0.05, 0.1) is 6.26 Å². The Bertz CT molecular complexity index is 266. The van der Waals surface area contributed by atoms with Gasteiger partial charge in [-0.3, -0.25) is 4.31 Å². The summed E-state index contributed by atoms with van der Waals surface area (Å²) in [7, 11) is -3.00. The van der Waals surface area contributed by atoms with Crippen LogP contribution >= 0.6 is 0 Å². The summed E-state index contributed by atoms with van der Waals surface area (Å²) in [6.07, 6.45) is 4.92. The molecule has 0 aromatic carbocycles. The van der Waals surface area contributed by atoms with E-state index in [2.05, 4.69) is 0 Å². The third-order valence-electron chi connectivity index (χ3n) is 1.74. The smallest absolute Gasteiger partial charge is 0.231 e. The lowest BCUT2D eigenvalue weighted by molar-refractivity contribution is 0.474.